The molecule has 0 saturated carbocycles. The highest BCUT2D eigenvalue weighted by molar-refractivity contribution is 9.10. The topological polar surface area (TPSA) is 59.8 Å². The minimum atomic E-state index is -0.251. The van der Waals surface area contributed by atoms with Crippen LogP contribution in [0.5, 0.6) is 0 Å². The number of hydrogen-bond acceptors (Lipinski definition) is 3. The van der Waals surface area contributed by atoms with E-state index in [1.807, 2.05) is 30.3 Å². The molecule has 1 heterocycles. The number of unbranched alkanes of at least 4 members (excludes halogenated alkanes) is 1. The number of fused-ring (bicyclic) bond motifs is 1. The van der Waals surface area contributed by atoms with E-state index in [1.165, 1.54) is 18.4 Å². The highest BCUT2D eigenvalue weighted by atomic mass is 79.9. The molecule has 0 saturated heterocycles. The summed E-state index contributed by atoms with van der Waals surface area (Å²) in [5.74, 6) is -0.251. The van der Waals surface area contributed by atoms with Crippen molar-refractivity contribution in [3.8, 4) is 5.69 Å². The van der Waals surface area contributed by atoms with Gasteiger partial charge in [-0.15, -0.1) is 10.2 Å². The number of amides is 1. The summed E-state index contributed by atoms with van der Waals surface area (Å²) in [6, 6.07) is 18.9. The van der Waals surface area contributed by atoms with Crippen LogP contribution in [0.4, 0.5) is 5.69 Å². The number of anilines is 1. The number of aryl methyl sites for hydroxylation is 1. The van der Waals surface area contributed by atoms with Crippen LogP contribution in [0.1, 0.15) is 35.7 Å². The lowest BCUT2D eigenvalue weighted by atomic mass is 10.1. The van der Waals surface area contributed by atoms with E-state index in [2.05, 4.69) is 50.5 Å². The van der Waals surface area contributed by atoms with E-state index >= 15 is 0 Å². The third-order valence-electron chi connectivity index (χ3n) is 4.82. The second-order valence-electron chi connectivity index (χ2n) is 7.01. The zero-order valence-corrected chi connectivity index (χ0v) is 18.7. The van der Waals surface area contributed by atoms with Crippen molar-refractivity contribution in [1.82, 2.24) is 15.0 Å². The zero-order chi connectivity index (χ0) is 21.1. The molecule has 3 aromatic carbocycles. The average Bonchev–Trinajstić information content (AvgIpc) is 3.15. The first-order chi connectivity index (χ1) is 14.5. The smallest absolute Gasteiger partial charge is 0.256 e. The largest absolute Gasteiger partial charge is 0.321 e. The van der Waals surface area contributed by atoms with E-state index in [4.69, 9.17) is 11.6 Å². The van der Waals surface area contributed by atoms with Crippen molar-refractivity contribution < 1.29 is 4.79 Å². The van der Waals surface area contributed by atoms with Gasteiger partial charge in [0.2, 0.25) is 0 Å². The Bertz CT molecular complexity index is 1200. The summed E-state index contributed by atoms with van der Waals surface area (Å²) in [4.78, 5) is 14.2. The summed E-state index contributed by atoms with van der Waals surface area (Å²) in [5.41, 5.74) is 4.51. The number of carbonyl (C=O) groups excluding carboxylic acids is 1. The summed E-state index contributed by atoms with van der Waals surface area (Å²) in [6.07, 6.45) is 3.42. The molecule has 152 valence electrons. The van der Waals surface area contributed by atoms with Gasteiger partial charge in [-0.1, -0.05) is 49.2 Å². The summed E-state index contributed by atoms with van der Waals surface area (Å²) in [6.45, 7) is 2.19. The Balaban J connectivity index is 1.60. The van der Waals surface area contributed by atoms with E-state index in [0.29, 0.717) is 31.8 Å². The molecule has 1 amide bonds. The van der Waals surface area contributed by atoms with Gasteiger partial charge in [-0.3, -0.25) is 4.79 Å². The summed E-state index contributed by atoms with van der Waals surface area (Å²) >= 11 is 9.79. The van der Waals surface area contributed by atoms with Crippen molar-refractivity contribution in [2.24, 2.45) is 0 Å². The molecule has 0 bridgehead atoms. The molecular weight excluding hydrogens is 464 g/mol. The Morgan fingerprint density at radius 3 is 2.47 bits per heavy atom. The molecule has 0 unspecified atom stereocenters. The van der Waals surface area contributed by atoms with Gasteiger partial charge in [0.1, 0.15) is 11.0 Å². The molecular formula is C23H20BrClN4O. The maximum atomic E-state index is 12.6. The van der Waals surface area contributed by atoms with Crippen molar-refractivity contribution >= 4 is 50.2 Å². The lowest BCUT2D eigenvalue weighted by molar-refractivity contribution is 0.102. The number of aromatic nitrogens is 3. The Morgan fingerprint density at radius 2 is 1.77 bits per heavy atom. The molecule has 4 rings (SSSR count). The van der Waals surface area contributed by atoms with Gasteiger partial charge < -0.3 is 5.32 Å². The van der Waals surface area contributed by atoms with Crippen LogP contribution in [0.2, 0.25) is 5.02 Å². The van der Waals surface area contributed by atoms with Gasteiger partial charge in [0.05, 0.1) is 22.0 Å². The van der Waals surface area contributed by atoms with E-state index in [9.17, 15) is 4.79 Å². The van der Waals surface area contributed by atoms with E-state index in [0.717, 1.165) is 12.1 Å². The van der Waals surface area contributed by atoms with Crippen LogP contribution in [-0.4, -0.2) is 20.9 Å². The van der Waals surface area contributed by atoms with E-state index in [1.54, 1.807) is 23.0 Å². The van der Waals surface area contributed by atoms with Crippen LogP contribution in [0.25, 0.3) is 16.7 Å². The molecule has 1 aromatic heterocycles. The van der Waals surface area contributed by atoms with Crippen LogP contribution in [-0.2, 0) is 6.42 Å². The predicted molar refractivity (Wildman–Crippen MR) is 125 cm³/mol. The average molecular weight is 484 g/mol. The monoisotopic (exact) mass is 482 g/mol. The number of nitrogens with zero attached hydrogens (tertiary/aromatic N) is 3. The van der Waals surface area contributed by atoms with Gasteiger partial charge in [-0.2, -0.15) is 4.80 Å². The van der Waals surface area contributed by atoms with E-state index < -0.39 is 0 Å². The first-order valence-electron chi connectivity index (χ1n) is 9.77. The van der Waals surface area contributed by atoms with Crippen LogP contribution in [0.3, 0.4) is 0 Å². The Morgan fingerprint density at radius 1 is 1.07 bits per heavy atom. The standard InChI is InChI=1S/C23H20BrClN4O/c1-2-3-6-15-9-11-16(12-10-15)29-27-21-13-19(25)20(14-22(21)28-29)26-23(30)17-7-4-5-8-18(17)24/h4-5,7-14H,2-3,6H2,1H3,(H,26,30). The number of rotatable bonds is 6. The molecule has 1 N–H and O–H groups in total. The summed E-state index contributed by atoms with van der Waals surface area (Å²) in [5, 5.41) is 12.4. The molecule has 0 aliphatic rings. The van der Waals surface area contributed by atoms with Gasteiger partial charge in [-0.05, 0) is 70.7 Å². The predicted octanol–water partition coefficient (Wildman–Crippen LogP) is 6.43. The van der Waals surface area contributed by atoms with Crippen LogP contribution >= 0.6 is 27.5 Å². The second-order valence-corrected chi connectivity index (χ2v) is 8.28. The van der Waals surface area contributed by atoms with E-state index in [-0.39, 0.29) is 5.91 Å². The van der Waals surface area contributed by atoms with Gasteiger partial charge >= 0.3 is 0 Å². The minimum Gasteiger partial charge on any atom is -0.321 e. The molecule has 30 heavy (non-hydrogen) atoms. The fourth-order valence-electron chi connectivity index (χ4n) is 3.16. The molecule has 0 aliphatic carbocycles. The van der Waals surface area contributed by atoms with Gasteiger partial charge in [0.15, 0.2) is 0 Å². The van der Waals surface area contributed by atoms with Crippen LogP contribution in [0.15, 0.2) is 65.1 Å². The third-order valence-corrected chi connectivity index (χ3v) is 5.83. The molecule has 7 heteroatoms. The first-order valence-corrected chi connectivity index (χ1v) is 10.9. The molecule has 4 aromatic rings. The van der Waals surface area contributed by atoms with Crippen molar-refractivity contribution in [3.63, 3.8) is 0 Å². The van der Waals surface area contributed by atoms with Crippen LogP contribution in [0, 0.1) is 0 Å². The van der Waals surface area contributed by atoms with Crippen LogP contribution < -0.4 is 5.32 Å². The molecule has 0 aliphatic heterocycles. The molecule has 0 radical (unpaired) electrons. The third kappa shape index (κ3) is 4.40. The maximum Gasteiger partial charge on any atom is 0.256 e. The molecule has 5 nitrogen and oxygen atoms in total. The number of halogens is 2. The Hall–Kier alpha value is -2.70. The fourth-order valence-corrected chi connectivity index (χ4v) is 3.83. The van der Waals surface area contributed by atoms with Crippen molar-refractivity contribution in [3.05, 3.63) is 81.3 Å². The molecule has 0 spiro atoms. The lowest BCUT2D eigenvalue weighted by Crippen LogP contribution is -2.12. The lowest BCUT2D eigenvalue weighted by Gasteiger charge is -2.08. The first kappa shape index (κ1) is 20.6. The molecule has 0 atom stereocenters. The second kappa shape index (κ2) is 8.98. The number of nitrogens with one attached hydrogen (secondary N) is 1. The minimum absolute atomic E-state index is 0.251. The summed E-state index contributed by atoms with van der Waals surface area (Å²) < 4.78 is 0.716. The van der Waals surface area contributed by atoms with Gasteiger partial charge in [-0.25, -0.2) is 0 Å². The zero-order valence-electron chi connectivity index (χ0n) is 16.4. The highest BCUT2D eigenvalue weighted by Crippen LogP contribution is 2.28. The Kier molecular flexibility index (Phi) is 6.16. The highest BCUT2D eigenvalue weighted by Gasteiger charge is 2.14. The number of benzene rings is 3. The van der Waals surface area contributed by atoms with Crippen molar-refractivity contribution in [2.75, 3.05) is 5.32 Å². The number of hydrogen-bond donors (Lipinski definition) is 1. The van der Waals surface area contributed by atoms with Gasteiger partial charge in [0, 0.05) is 4.47 Å². The van der Waals surface area contributed by atoms with Gasteiger partial charge in [0.25, 0.3) is 5.91 Å². The summed E-state index contributed by atoms with van der Waals surface area (Å²) in [7, 11) is 0. The number of carbonyl (C=O) groups is 1. The normalized spacial score (nSPS) is 11.0. The SMILES string of the molecule is CCCCc1ccc(-n2nc3cc(Cl)c(NC(=O)c4ccccc4Br)cc3n2)cc1. The van der Waals surface area contributed by atoms with Crippen molar-refractivity contribution in [1.29, 1.82) is 0 Å². The maximum absolute atomic E-state index is 12.6. The van der Waals surface area contributed by atoms with Crippen molar-refractivity contribution in [2.45, 2.75) is 26.2 Å². The fraction of sp³-hybridized carbons (Fsp3) is 0.174. The quantitative estimate of drug-likeness (QED) is 0.344. The molecule has 0 fully saturated rings. The Labute approximate surface area is 188 Å².